The average molecular weight is 308 g/mol. The third-order valence-electron chi connectivity index (χ3n) is 2.38. The molecule has 1 saturated heterocycles. The standard InChI is InChI=1S/C8H10BrN3O3S/c9-6-5-10-8(13)7(11-6)12-1-3-16(14,15)4-2-12/h5H,1-4H2,(H,10,13). The highest BCUT2D eigenvalue weighted by molar-refractivity contribution is 9.10. The zero-order chi connectivity index (χ0) is 11.8. The van der Waals surface area contributed by atoms with Crippen LogP contribution in [-0.2, 0) is 9.84 Å². The number of nitrogens with zero attached hydrogens (tertiary/aromatic N) is 2. The lowest BCUT2D eigenvalue weighted by molar-refractivity contribution is 0.586. The van der Waals surface area contributed by atoms with E-state index in [1.807, 2.05) is 0 Å². The van der Waals surface area contributed by atoms with Gasteiger partial charge in [-0.2, -0.15) is 0 Å². The number of aromatic amines is 1. The van der Waals surface area contributed by atoms with Crippen LogP contribution in [0.3, 0.4) is 0 Å². The van der Waals surface area contributed by atoms with E-state index < -0.39 is 9.84 Å². The first-order valence-electron chi connectivity index (χ1n) is 4.68. The molecule has 1 aromatic heterocycles. The Morgan fingerprint density at radius 1 is 1.38 bits per heavy atom. The topological polar surface area (TPSA) is 83.1 Å². The van der Waals surface area contributed by atoms with Gasteiger partial charge in [-0.3, -0.25) is 4.79 Å². The lowest BCUT2D eigenvalue weighted by atomic mass is 10.4. The van der Waals surface area contributed by atoms with Crippen molar-refractivity contribution < 1.29 is 8.42 Å². The van der Waals surface area contributed by atoms with Gasteiger partial charge in [0, 0.05) is 19.3 Å². The van der Waals surface area contributed by atoms with Crippen molar-refractivity contribution in [3.8, 4) is 0 Å². The number of aromatic nitrogens is 2. The van der Waals surface area contributed by atoms with Crippen LogP contribution in [0.1, 0.15) is 0 Å². The summed E-state index contributed by atoms with van der Waals surface area (Å²) >= 11 is 3.16. The van der Waals surface area contributed by atoms with Crippen molar-refractivity contribution >= 4 is 31.6 Å². The molecule has 0 aliphatic carbocycles. The van der Waals surface area contributed by atoms with E-state index in [1.165, 1.54) is 6.20 Å². The van der Waals surface area contributed by atoms with Gasteiger partial charge >= 0.3 is 0 Å². The number of halogens is 1. The molecular weight excluding hydrogens is 298 g/mol. The minimum absolute atomic E-state index is 0.0701. The lowest BCUT2D eigenvalue weighted by Gasteiger charge is -2.26. The molecule has 88 valence electrons. The minimum atomic E-state index is -2.94. The van der Waals surface area contributed by atoms with Crippen LogP contribution in [0, 0.1) is 0 Å². The molecule has 1 N–H and O–H groups in total. The quantitative estimate of drug-likeness (QED) is 0.775. The molecule has 0 atom stereocenters. The molecule has 6 nitrogen and oxygen atoms in total. The summed E-state index contributed by atoms with van der Waals surface area (Å²) in [6, 6.07) is 0. The molecule has 2 rings (SSSR count). The van der Waals surface area contributed by atoms with Crippen LogP contribution in [0.2, 0.25) is 0 Å². The summed E-state index contributed by atoms with van der Waals surface area (Å²) in [5.41, 5.74) is -0.303. The fourth-order valence-corrected chi connectivity index (χ4v) is 3.00. The Morgan fingerprint density at radius 3 is 2.62 bits per heavy atom. The molecule has 1 fully saturated rings. The fourth-order valence-electron chi connectivity index (χ4n) is 1.51. The molecule has 0 amide bonds. The van der Waals surface area contributed by atoms with Crippen molar-refractivity contribution in [1.29, 1.82) is 0 Å². The molecule has 2 heterocycles. The van der Waals surface area contributed by atoms with Gasteiger partial charge in [-0.05, 0) is 15.9 Å². The highest BCUT2D eigenvalue weighted by Gasteiger charge is 2.24. The molecule has 0 bridgehead atoms. The van der Waals surface area contributed by atoms with Crippen LogP contribution in [0.25, 0.3) is 0 Å². The summed E-state index contributed by atoms with van der Waals surface area (Å²) in [5, 5.41) is 0. The molecule has 1 aliphatic heterocycles. The largest absolute Gasteiger partial charge is 0.350 e. The summed E-state index contributed by atoms with van der Waals surface area (Å²) in [5.74, 6) is 0.408. The Labute approximate surface area is 101 Å². The number of H-pyrrole nitrogens is 1. The monoisotopic (exact) mass is 307 g/mol. The number of nitrogens with one attached hydrogen (secondary N) is 1. The van der Waals surface area contributed by atoms with E-state index in [4.69, 9.17) is 0 Å². The third kappa shape index (κ3) is 2.43. The van der Waals surface area contributed by atoms with Gasteiger partial charge in [0.1, 0.15) is 4.60 Å². The van der Waals surface area contributed by atoms with E-state index in [-0.39, 0.29) is 22.9 Å². The highest BCUT2D eigenvalue weighted by Crippen LogP contribution is 2.12. The first kappa shape index (κ1) is 11.6. The molecule has 0 aromatic carbocycles. The molecule has 0 unspecified atom stereocenters. The van der Waals surface area contributed by atoms with E-state index in [2.05, 4.69) is 25.9 Å². The maximum atomic E-state index is 11.5. The Kier molecular flexibility index (Phi) is 3.02. The van der Waals surface area contributed by atoms with Crippen LogP contribution in [0.4, 0.5) is 5.82 Å². The normalized spacial score (nSPS) is 19.7. The molecule has 0 saturated carbocycles. The van der Waals surface area contributed by atoms with Gasteiger partial charge in [0.25, 0.3) is 5.56 Å². The van der Waals surface area contributed by atoms with Crippen LogP contribution in [-0.4, -0.2) is 43.0 Å². The van der Waals surface area contributed by atoms with Crippen molar-refractivity contribution in [3.05, 3.63) is 21.2 Å². The van der Waals surface area contributed by atoms with Gasteiger partial charge < -0.3 is 9.88 Å². The summed E-state index contributed by atoms with van der Waals surface area (Å²) in [4.78, 5) is 19.8. The Bertz CT molecular complexity index is 540. The van der Waals surface area contributed by atoms with Gasteiger partial charge in [0.15, 0.2) is 15.7 Å². The van der Waals surface area contributed by atoms with Crippen molar-refractivity contribution in [2.24, 2.45) is 0 Å². The van der Waals surface area contributed by atoms with Crippen molar-refractivity contribution in [2.75, 3.05) is 29.5 Å². The van der Waals surface area contributed by atoms with E-state index in [9.17, 15) is 13.2 Å². The molecule has 8 heteroatoms. The van der Waals surface area contributed by atoms with Gasteiger partial charge in [-0.1, -0.05) is 0 Å². The second-order valence-corrected chi connectivity index (χ2v) is 6.63. The first-order valence-corrected chi connectivity index (χ1v) is 7.30. The molecular formula is C8H10BrN3O3S. The second kappa shape index (κ2) is 4.17. The third-order valence-corrected chi connectivity index (χ3v) is 4.40. The molecule has 16 heavy (non-hydrogen) atoms. The SMILES string of the molecule is O=c1[nH]cc(Br)nc1N1CCS(=O)(=O)CC1. The van der Waals surface area contributed by atoms with E-state index in [1.54, 1.807) is 4.90 Å². The first-order chi connectivity index (χ1) is 7.48. The van der Waals surface area contributed by atoms with E-state index in [0.717, 1.165) is 0 Å². The Hall–Kier alpha value is -0.890. The molecule has 0 spiro atoms. The zero-order valence-corrected chi connectivity index (χ0v) is 10.7. The average Bonchev–Trinajstić information content (AvgIpc) is 2.22. The predicted molar refractivity (Wildman–Crippen MR) is 63.4 cm³/mol. The van der Waals surface area contributed by atoms with E-state index >= 15 is 0 Å². The van der Waals surface area contributed by atoms with Gasteiger partial charge in [-0.15, -0.1) is 0 Å². The second-order valence-electron chi connectivity index (χ2n) is 3.51. The maximum absolute atomic E-state index is 11.5. The zero-order valence-electron chi connectivity index (χ0n) is 8.31. The van der Waals surface area contributed by atoms with Crippen molar-refractivity contribution in [2.45, 2.75) is 0 Å². The molecule has 0 radical (unpaired) electrons. The number of hydrogen-bond donors (Lipinski definition) is 1. The number of rotatable bonds is 1. The number of hydrogen-bond acceptors (Lipinski definition) is 5. The van der Waals surface area contributed by atoms with E-state index in [0.29, 0.717) is 17.7 Å². The smallest absolute Gasteiger partial charge is 0.290 e. The molecule has 1 aliphatic rings. The fraction of sp³-hybridized carbons (Fsp3) is 0.500. The van der Waals surface area contributed by atoms with Crippen LogP contribution >= 0.6 is 15.9 Å². The highest BCUT2D eigenvalue weighted by atomic mass is 79.9. The summed E-state index contributed by atoms with van der Waals surface area (Å²) in [7, 11) is -2.94. The summed E-state index contributed by atoms with van der Waals surface area (Å²) in [6.07, 6.45) is 1.45. The van der Waals surface area contributed by atoms with Crippen LogP contribution in [0.5, 0.6) is 0 Å². The van der Waals surface area contributed by atoms with Crippen molar-refractivity contribution in [3.63, 3.8) is 0 Å². The van der Waals surface area contributed by atoms with Gasteiger partial charge in [0.05, 0.1) is 11.5 Å². The Balaban J connectivity index is 2.27. The van der Waals surface area contributed by atoms with Crippen molar-refractivity contribution in [1.82, 2.24) is 9.97 Å². The lowest BCUT2D eigenvalue weighted by Crippen LogP contribution is -2.43. The van der Waals surface area contributed by atoms with Crippen LogP contribution in [0.15, 0.2) is 15.6 Å². The Morgan fingerprint density at radius 2 is 2.00 bits per heavy atom. The predicted octanol–water partition coefficient (Wildman–Crippen LogP) is -0.233. The minimum Gasteiger partial charge on any atom is -0.350 e. The van der Waals surface area contributed by atoms with Gasteiger partial charge in [-0.25, -0.2) is 13.4 Å². The number of sulfone groups is 1. The summed E-state index contributed by atoms with van der Waals surface area (Å²) < 4.78 is 23.0. The maximum Gasteiger partial charge on any atom is 0.290 e. The summed E-state index contributed by atoms with van der Waals surface area (Å²) in [6.45, 7) is 0.629. The molecule has 1 aromatic rings. The van der Waals surface area contributed by atoms with Gasteiger partial charge in [0.2, 0.25) is 0 Å². The van der Waals surface area contributed by atoms with Crippen LogP contribution < -0.4 is 10.5 Å². The number of anilines is 1.